The number of thiazole rings is 1. The zero-order valence-electron chi connectivity index (χ0n) is 7.32. The van der Waals surface area contributed by atoms with Crippen LogP contribution in [-0.4, -0.2) is 24.8 Å². The summed E-state index contributed by atoms with van der Waals surface area (Å²) in [5.41, 5.74) is 0.819. The molecule has 1 aromatic rings. The van der Waals surface area contributed by atoms with Gasteiger partial charge < -0.3 is 4.74 Å². The van der Waals surface area contributed by atoms with Crippen LogP contribution < -0.4 is 0 Å². The van der Waals surface area contributed by atoms with E-state index in [0.717, 1.165) is 17.1 Å². The number of aliphatic imine (C=N–C) groups is 1. The maximum Gasteiger partial charge on any atom is 0.235 e. The van der Waals surface area contributed by atoms with E-state index >= 15 is 0 Å². The van der Waals surface area contributed by atoms with Crippen molar-refractivity contribution in [2.75, 3.05) is 13.7 Å². The molecule has 0 aliphatic rings. The molecular formula is C8H10N2O2S. The lowest BCUT2D eigenvalue weighted by Crippen LogP contribution is -1.93. The fourth-order valence-corrected chi connectivity index (χ4v) is 1.61. The second-order valence-electron chi connectivity index (χ2n) is 2.38. The van der Waals surface area contributed by atoms with Gasteiger partial charge in [0.15, 0.2) is 0 Å². The van der Waals surface area contributed by atoms with Gasteiger partial charge in [0, 0.05) is 18.9 Å². The van der Waals surface area contributed by atoms with Crippen molar-refractivity contribution < 1.29 is 9.53 Å². The molecule has 13 heavy (non-hydrogen) atoms. The highest BCUT2D eigenvalue weighted by Crippen LogP contribution is 2.10. The molecular weight excluding hydrogens is 188 g/mol. The number of aromatic nitrogens is 1. The summed E-state index contributed by atoms with van der Waals surface area (Å²) in [6, 6.07) is 0. The van der Waals surface area contributed by atoms with Gasteiger partial charge in [0.05, 0.1) is 23.9 Å². The van der Waals surface area contributed by atoms with Crippen molar-refractivity contribution in [2.24, 2.45) is 4.99 Å². The van der Waals surface area contributed by atoms with Crippen molar-refractivity contribution >= 4 is 17.4 Å². The van der Waals surface area contributed by atoms with Gasteiger partial charge >= 0.3 is 0 Å². The van der Waals surface area contributed by atoms with Gasteiger partial charge in [0.25, 0.3) is 0 Å². The van der Waals surface area contributed by atoms with E-state index in [1.807, 2.05) is 5.38 Å². The topological polar surface area (TPSA) is 51.6 Å². The van der Waals surface area contributed by atoms with E-state index < -0.39 is 0 Å². The van der Waals surface area contributed by atoms with Gasteiger partial charge in [-0.15, -0.1) is 11.3 Å². The average molecular weight is 198 g/mol. The predicted octanol–water partition coefficient (Wildman–Crippen LogP) is 1.17. The summed E-state index contributed by atoms with van der Waals surface area (Å²) in [4.78, 5) is 17.5. The Morgan fingerprint density at radius 1 is 1.77 bits per heavy atom. The lowest BCUT2D eigenvalue weighted by atomic mass is 10.4. The van der Waals surface area contributed by atoms with Crippen LogP contribution in [0.4, 0.5) is 0 Å². The molecule has 1 aromatic heterocycles. The van der Waals surface area contributed by atoms with E-state index in [0.29, 0.717) is 13.2 Å². The van der Waals surface area contributed by atoms with Crippen LogP contribution in [0, 0.1) is 0 Å². The second-order valence-corrected chi connectivity index (χ2v) is 3.33. The van der Waals surface area contributed by atoms with Crippen LogP contribution in [0.5, 0.6) is 0 Å². The lowest BCUT2D eigenvalue weighted by Gasteiger charge is -1.92. The molecule has 0 aliphatic heterocycles. The summed E-state index contributed by atoms with van der Waals surface area (Å²) in [6.07, 6.45) is 2.30. The molecule has 70 valence electrons. The average Bonchev–Trinajstić information content (AvgIpc) is 2.59. The van der Waals surface area contributed by atoms with Gasteiger partial charge in [0.2, 0.25) is 6.08 Å². The minimum Gasteiger partial charge on any atom is -0.384 e. The largest absolute Gasteiger partial charge is 0.384 e. The minimum absolute atomic E-state index is 0.326. The van der Waals surface area contributed by atoms with Crippen molar-refractivity contribution in [1.29, 1.82) is 0 Å². The summed E-state index contributed by atoms with van der Waals surface area (Å²) < 4.78 is 4.92. The summed E-state index contributed by atoms with van der Waals surface area (Å²) in [7, 11) is 1.66. The van der Waals surface area contributed by atoms with Crippen molar-refractivity contribution in [3.63, 3.8) is 0 Å². The minimum atomic E-state index is 0.326. The van der Waals surface area contributed by atoms with Crippen LogP contribution in [0.1, 0.15) is 10.7 Å². The maximum atomic E-state index is 9.82. The first kappa shape index (κ1) is 10.1. The first-order valence-electron chi connectivity index (χ1n) is 3.82. The van der Waals surface area contributed by atoms with Crippen molar-refractivity contribution in [1.82, 2.24) is 4.98 Å². The van der Waals surface area contributed by atoms with Gasteiger partial charge in [0.1, 0.15) is 0 Å². The Morgan fingerprint density at radius 2 is 2.62 bits per heavy atom. The molecule has 4 nitrogen and oxygen atoms in total. The summed E-state index contributed by atoms with van der Waals surface area (Å²) >= 11 is 1.56. The number of isocyanates is 1. The predicted molar refractivity (Wildman–Crippen MR) is 49.5 cm³/mol. The van der Waals surface area contributed by atoms with Crippen LogP contribution in [0.2, 0.25) is 0 Å². The molecule has 0 saturated carbocycles. The van der Waals surface area contributed by atoms with E-state index in [-0.39, 0.29) is 0 Å². The molecule has 1 heterocycles. The van der Waals surface area contributed by atoms with Gasteiger partial charge in [-0.3, -0.25) is 0 Å². The molecule has 5 heteroatoms. The Labute approximate surface area is 80.3 Å². The number of ether oxygens (including phenoxy) is 1. The number of methoxy groups -OCH3 is 1. The van der Waals surface area contributed by atoms with Crippen LogP contribution in [0.3, 0.4) is 0 Å². The van der Waals surface area contributed by atoms with Gasteiger partial charge in [-0.2, -0.15) is 4.99 Å². The van der Waals surface area contributed by atoms with Gasteiger partial charge in [-0.1, -0.05) is 0 Å². The zero-order chi connectivity index (χ0) is 9.52. The molecule has 0 radical (unpaired) electrons. The Balaban J connectivity index is 2.48. The first-order chi connectivity index (χ1) is 6.36. The van der Waals surface area contributed by atoms with Crippen LogP contribution in [0.15, 0.2) is 10.4 Å². The lowest BCUT2D eigenvalue weighted by molar-refractivity contribution is 0.202. The highest BCUT2D eigenvalue weighted by molar-refractivity contribution is 7.09. The fourth-order valence-electron chi connectivity index (χ4n) is 0.839. The number of hydrogen-bond acceptors (Lipinski definition) is 5. The third-order valence-electron chi connectivity index (χ3n) is 1.42. The smallest absolute Gasteiger partial charge is 0.235 e. The maximum absolute atomic E-state index is 9.82. The molecule has 0 fully saturated rings. The van der Waals surface area contributed by atoms with Crippen LogP contribution >= 0.6 is 11.3 Å². The summed E-state index contributed by atoms with van der Waals surface area (Å²) in [5, 5.41) is 2.91. The molecule has 0 saturated heterocycles. The van der Waals surface area contributed by atoms with E-state index in [1.54, 1.807) is 18.4 Å². The summed E-state index contributed by atoms with van der Waals surface area (Å²) in [5.74, 6) is 0. The number of nitrogens with zero attached hydrogens (tertiary/aromatic N) is 2. The van der Waals surface area contributed by atoms with Crippen molar-refractivity contribution in [2.45, 2.75) is 13.0 Å². The van der Waals surface area contributed by atoms with Crippen LogP contribution in [0.25, 0.3) is 0 Å². The zero-order valence-corrected chi connectivity index (χ0v) is 8.13. The molecule has 0 spiro atoms. The number of rotatable bonds is 5. The Hall–Kier alpha value is -1.03. The van der Waals surface area contributed by atoms with E-state index in [4.69, 9.17) is 4.74 Å². The first-order valence-corrected chi connectivity index (χ1v) is 4.70. The normalized spacial score (nSPS) is 9.62. The molecule has 0 aliphatic carbocycles. The molecule has 1 rings (SSSR count). The van der Waals surface area contributed by atoms with E-state index in [2.05, 4.69) is 9.98 Å². The molecule has 0 atom stereocenters. The monoisotopic (exact) mass is 198 g/mol. The van der Waals surface area contributed by atoms with Gasteiger partial charge in [-0.25, -0.2) is 9.78 Å². The van der Waals surface area contributed by atoms with Crippen molar-refractivity contribution in [3.8, 4) is 0 Å². The molecule has 0 unspecified atom stereocenters. The molecule has 0 amide bonds. The quantitative estimate of drug-likeness (QED) is 0.527. The third kappa shape index (κ3) is 3.46. The SMILES string of the molecule is COCCc1nc(CN=C=O)cs1. The number of carbonyl (C=O) groups excluding carboxylic acids is 1. The fraction of sp³-hybridized carbons (Fsp3) is 0.500. The highest BCUT2D eigenvalue weighted by Gasteiger charge is 2.00. The summed E-state index contributed by atoms with van der Waals surface area (Å²) in [6.45, 7) is 0.997. The highest BCUT2D eigenvalue weighted by atomic mass is 32.1. The standard InChI is InChI=1S/C8H10N2O2S/c1-12-3-2-8-10-7(5-13-8)4-9-6-11/h5H,2-4H2,1H3. The molecule has 0 bridgehead atoms. The Kier molecular flexibility index (Phi) is 4.32. The van der Waals surface area contributed by atoms with E-state index in [1.165, 1.54) is 6.08 Å². The second kappa shape index (κ2) is 5.59. The number of hydrogen-bond donors (Lipinski definition) is 0. The Morgan fingerprint density at radius 3 is 3.31 bits per heavy atom. The Bertz CT molecular complexity index is 305. The van der Waals surface area contributed by atoms with Gasteiger partial charge in [-0.05, 0) is 0 Å². The van der Waals surface area contributed by atoms with Crippen molar-refractivity contribution in [3.05, 3.63) is 16.1 Å². The molecule has 0 N–H and O–H groups in total. The van der Waals surface area contributed by atoms with Crippen LogP contribution in [-0.2, 0) is 22.5 Å². The third-order valence-corrected chi connectivity index (χ3v) is 2.38. The molecule has 0 aromatic carbocycles. The van der Waals surface area contributed by atoms with E-state index in [9.17, 15) is 4.79 Å².